The maximum atomic E-state index is 12.0. The van der Waals surface area contributed by atoms with Crippen molar-refractivity contribution in [3.63, 3.8) is 0 Å². The number of esters is 1. The van der Waals surface area contributed by atoms with E-state index in [4.69, 9.17) is 8.83 Å². The van der Waals surface area contributed by atoms with Crippen molar-refractivity contribution in [2.45, 2.75) is 6.92 Å². The van der Waals surface area contributed by atoms with Crippen molar-refractivity contribution in [3.8, 4) is 11.5 Å². The number of hydrogen-bond donors (Lipinski definition) is 2. The average Bonchev–Trinajstić information content (AvgIpc) is 2.48. The Morgan fingerprint density at radius 1 is 1.09 bits per heavy atom. The smallest absolute Gasteiger partial charge is 0.378 e. The molecule has 0 saturated heterocycles. The van der Waals surface area contributed by atoms with Crippen molar-refractivity contribution in [2.24, 2.45) is 0 Å². The highest BCUT2D eigenvalue weighted by Gasteiger charge is 2.24. The Labute approximate surface area is 127 Å². The van der Waals surface area contributed by atoms with Crippen LogP contribution in [-0.2, 0) is 4.74 Å². The van der Waals surface area contributed by atoms with Gasteiger partial charge in [-0.05, 0) is 13.0 Å². The van der Waals surface area contributed by atoms with Gasteiger partial charge in [0.25, 0.3) is 5.76 Å². The van der Waals surface area contributed by atoms with Gasteiger partial charge in [-0.15, -0.1) is 0 Å². The van der Waals surface area contributed by atoms with E-state index in [1.54, 1.807) is 0 Å². The number of aryl methyl sites for hydroxylation is 1. The van der Waals surface area contributed by atoms with Gasteiger partial charge in [-0.2, -0.15) is 0 Å². The van der Waals surface area contributed by atoms with Crippen LogP contribution in [-0.4, -0.2) is 23.3 Å². The number of benzene rings is 1. The molecule has 0 atom stereocenters. The molecule has 8 heteroatoms. The molecule has 2 heterocycles. The van der Waals surface area contributed by atoms with Crippen LogP contribution in [0.3, 0.4) is 0 Å². The maximum absolute atomic E-state index is 12.0. The first-order valence-corrected chi connectivity index (χ1v) is 6.39. The first-order chi connectivity index (χ1) is 10.8. The molecule has 0 spiro atoms. The molecule has 3 rings (SSSR count). The first-order valence-electron chi connectivity index (χ1n) is 6.39. The molecule has 0 unspecified atom stereocenters. The number of methoxy groups -OCH3 is 1. The number of hydrogen-bond acceptors (Lipinski definition) is 8. The van der Waals surface area contributed by atoms with Crippen LogP contribution < -0.4 is 11.1 Å². The third-order valence-electron chi connectivity index (χ3n) is 3.36. The van der Waals surface area contributed by atoms with Crippen LogP contribution in [0.1, 0.15) is 16.3 Å². The maximum Gasteiger partial charge on any atom is 0.378 e. The molecular formula is C15H10O8. The fourth-order valence-corrected chi connectivity index (χ4v) is 2.36. The van der Waals surface area contributed by atoms with Gasteiger partial charge in [0, 0.05) is 11.5 Å². The average molecular weight is 318 g/mol. The predicted octanol–water partition coefficient (Wildman–Crippen LogP) is 1.41. The molecule has 2 N–H and O–H groups in total. The number of fused-ring (bicyclic) bond motifs is 2. The van der Waals surface area contributed by atoms with E-state index in [1.807, 2.05) is 0 Å². The Bertz CT molecular complexity index is 1090. The van der Waals surface area contributed by atoms with Crippen molar-refractivity contribution in [1.29, 1.82) is 0 Å². The zero-order valence-corrected chi connectivity index (χ0v) is 12.0. The number of rotatable bonds is 1. The molecular weight excluding hydrogens is 308 g/mol. The van der Waals surface area contributed by atoms with E-state index < -0.39 is 39.7 Å². The van der Waals surface area contributed by atoms with E-state index in [2.05, 4.69) is 4.74 Å². The van der Waals surface area contributed by atoms with E-state index in [0.29, 0.717) is 0 Å². The van der Waals surface area contributed by atoms with Crippen LogP contribution in [0.2, 0.25) is 0 Å². The summed E-state index contributed by atoms with van der Waals surface area (Å²) >= 11 is 0. The van der Waals surface area contributed by atoms with Gasteiger partial charge < -0.3 is 23.8 Å². The molecule has 118 valence electrons. The summed E-state index contributed by atoms with van der Waals surface area (Å²) in [6.45, 7) is 1.53. The number of phenols is 1. The highest BCUT2D eigenvalue weighted by molar-refractivity contribution is 6.07. The van der Waals surface area contributed by atoms with E-state index in [1.165, 1.54) is 13.0 Å². The highest BCUT2D eigenvalue weighted by Crippen LogP contribution is 2.36. The summed E-state index contributed by atoms with van der Waals surface area (Å²) in [6.07, 6.45) is 0. The highest BCUT2D eigenvalue weighted by atomic mass is 16.5. The van der Waals surface area contributed by atoms with Crippen LogP contribution >= 0.6 is 0 Å². The largest absolute Gasteiger partial charge is 0.506 e. The Balaban J connectivity index is 2.59. The standard InChI is InChI=1S/C15H10O8/c1-5-3-7(16)10-8(22-5)4-6-9(12(10)18)14(19)23-13(11(6)17)15(20)21-2/h3-4,17-18H,1-2H3. The van der Waals surface area contributed by atoms with Gasteiger partial charge >= 0.3 is 11.6 Å². The second-order valence-electron chi connectivity index (χ2n) is 4.80. The third-order valence-corrected chi connectivity index (χ3v) is 3.36. The van der Waals surface area contributed by atoms with Crippen LogP contribution in [0.15, 0.2) is 30.6 Å². The molecule has 0 aliphatic heterocycles. The molecule has 8 nitrogen and oxygen atoms in total. The molecule has 0 fully saturated rings. The molecule has 23 heavy (non-hydrogen) atoms. The van der Waals surface area contributed by atoms with Gasteiger partial charge in [-0.1, -0.05) is 0 Å². The monoisotopic (exact) mass is 318 g/mol. The van der Waals surface area contributed by atoms with Crippen molar-refractivity contribution < 1.29 is 28.6 Å². The van der Waals surface area contributed by atoms with E-state index in [9.17, 15) is 24.6 Å². The summed E-state index contributed by atoms with van der Waals surface area (Å²) in [5.74, 6) is -2.89. The molecule has 0 saturated carbocycles. The number of ether oxygens (including phenoxy) is 1. The van der Waals surface area contributed by atoms with Gasteiger partial charge in [0.1, 0.15) is 27.9 Å². The van der Waals surface area contributed by atoms with Gasteiger partial charge in [0.15, 0.2) is 11.2 Å². The summed E-state index contributed by atoms with van der Waals surface area (Å²) in [4.78, 5) is 35.6. The second-order valence-corrected chi connectivity index (χ2v) is 4.80. The molecule has 0 aliphatic carbocycles. The van der Waals surface area contributed by atoms with Gasteiger partial charge in [0.05, 0.1) is 7.11 Å². The summed E-state index contributed by atoms with van der Waals surface area (Å²) in [5.41, 5.74) is -1.70. The topological polar surface area (TPSA) is 127 Å². The normalized spacial score (nSPS) is 11.0. The molecule has 0 bridgehead atoms. The van der Waals surface area contributed by atoms with E-state index in [-0.39, 0.29) is 22.1 Å². The van der Waals surface area contributed by atoms with Gasteiger partial charge in [-0.25, -0.2) is 9.59 Å². The summed E-state index contributed by atoms with van der Waals surface area (Å²) < 4.78 is 14.4. The Morgan fingerprint density at radius 2 is 1.78 bits per heavy atom. The third kappa shape index (κ3) is 2.03. The Hall–Kier alpha value is -3.29. The fourth-order valence-electron chi connectivity index (χ4n) is 2.36. The molecule has 0 radical (unpaired) electrons. The number of phenolic OH excluding ortho intramolecular Hbond substituents is 1. The van der Waals surface area contributed by atoms with E-state index in [0.717, 1.165) is 13.2 Å². The summed E-state index contributed by atoms with van der Waals surface area (Å²) in [7, 11) is 1.05. The first kappa shape index (κ1) is 14.6. The van der Waals surface area contributed by atoms with Crippen LogP contribution in [0, 0.1) is 6.92 Å². The lowest BCUT2D eigenvalue weighted by atomic mass is 10.1. The van der Waals surface area contributed by atoms with Crippen molar-refractivity contribution in [1.82, 2.24) is 0 Å². The zero-order chi connectivity index (χ0) is 16.9. The quantitative estimate of drug-likeness (QED) is 0.509. The lowest BCUT2D eigenvalue weighted by molar-refractivity contribution is 0.0555. The minimum absolute atomic E-state index is 0.0447. The minimum Gasteiger partial charge on any atom is -0.506 e. The number of aromatic hydroxyl groups is 2. The van der Waals surface area contributed by atoms with E-state index >= 15 is 0 Å². The lowest BCUT2D eigenvalue weighted by Gasteiger charge is -2.08. The van der Waals surface area contributed by atoms with Crippen molar-refractivity contribution in [3.05, 3.63) is 44.3 Å². The van der Waals surface area contributed by atoms with Crippen LogP contribution in [0.4, 0.5) is 0 Å². The Morgan fingerprint density at radius 3 is 2.43 bits per heavy atom. The van der Waals surface area contributed by atoms with Crippen molar-refractivity contribution in [2.75, 3.05) is 7.11 Å². The fraction of sp³-hybridized carbons (Fsp3) is 0.133. The molecule has 0 aliphatic rings. The second kappa shape index (κ2) is 4.87. The number of carbonyl (C=O) groups is 1. The molecule has 2 aromatic heterocycles. The summed E-state index contributed by atoms with van der Waals surface area (Å²) in [5, 5.41) is 19.5. The Kier molecular flexibility index (Phi) is 3.10. The molecule has 0 amide bonds. The van der Waals surface area contributed by atoms with Crippen molar-refractivity contribution >= 4 is 27.7 Å². The SMILES string of the molecule is COC(=O)c1oc(=O)c2c(O)c3c(=O)cc(C)oc3cc2c1O. The molecule has 3 aromatic rings. The van der Waals surface area contributed by atoms with Gasteiger partial charge in [0.2, 0.25) is 0 Å². The number of carbonyl (C=O) groups excluding carboxylic acids is 1. The van der Waals surface area contributed by atoms with Crippen LogP contribution in [0.25, 0.3) is 21.7 Å². The minimum atomic E-state index is -1.10. The van der Waals surface area contributed by atoms with Crippen LogP contribution in [0.5, 0.6) is 11.5 Å². The van der Waals surface area contributed by atoms with Gasteiger partial charge in [-0.3, -0.25) is 4.79 Å². The molecule has 1 aromatic carbocycles. The zero-order valence-electron chi connectivity index (χ0n) is 12.0. The predicted molar refractivity (Wildman–Crippen MR) is 77.9 cm³/mol. The summed E-state index contributed by atoms with van der Waals surface area (Å²) in [6, 6.07) is 2.33. The lowest BCUT2D eigenvalue weighted by Crippen LogP contribution is -2.10.